The van der Waals surface area contributed by atoms with Crippen LogP contribution >= 0.6 is 11.6 Å². The number of hydrogen-bond acceptors (Lipinski definition) is 3. The Labute approximate surface area is 147 Å². The maximum atomic E-state index is 12.3. The van der Waals surface area contributed by atoms with Crippen LogP contribution < -0.4 is 10.0 Å². The first kappa shape index (κ1) is 18.4. The zero-order valence-electron chi connectivity index (χ0n) is 13.4. The molecule has 0 saturated heterocycles. The predicted molar refractivity (Wildman–Crippen MR) is 94.6 cm³/mol. The van der Waals surface area contributed by atoms with Gasteiger partial charge in [-0.05, 0) is 48.9 Å². The monoisotopic (exact) mass is 366 g/mol. The normalized spacial score (nSPS) is 12.6. The minimum absolute atomic E-state index is 0.129. The molecule has 2 N–H and O–H groups in total. The molecule has 1 unspecified atom stereocenters. The van der Waals surface area contributed by atoms with E-state index in [2.05, 4.69) is 10.0 Å². The molecule has 2 aromatic carbocycles. The zero-order valence-corrected chi connectivity index (χ0v) is 15.0. The van der Waals surface area contributed by atoms with Gasteiger partial charge in [0.1, 0.15) is 0 Å². The Balaban J connectivity index is 2.10. The highest BCUT2D eigenvalue weighted by molar-refractivity contribution is 7.89. The van der Waals surface area contributed by atoms with E-state index in [1.165, 1.54) is 24.3 Å². The number of benzene rings is 2. The molecule has 1 amide bonds. The van der Waals surface area contributed by atoms with Gasteiger partial charge in [0, 0.05) is 17.1 Å². The van der Waals surface area contributed by atoms with Crippen LogP contribution in [0.15, 0.2) is 53.4 Å². The average Bonchev–Trinajstić information content (AvgIpc) is 2.55. The molecule has 0 fully saturated rings. The van der Waals surface area contributed by atoms with Crippen molar-refractivity contribution in [1.82, 2.24) is 10.0 Å². The minimum atomic E-state index is -3.52. The van der Waals surface area contributed by atoms with E-state index in [0.717, 1.165) is 5.56 Å². The number of halogens is 1. The average molecular weight is 367 g/mol. The van der Waals surface area contributed by atoms with Crippen molar-refractivity contribution in [3.8, 4) is 0 Å². The van der Waals surface area contributed by atoms with Crippen LogP contribution in [0.25, 0.3) is 0 Å². The number of carbonyl (C=O) groups is 1. The fraction of sp³-hybridized carbons (Fsp3) is 0.235. The van der Waals surface area contributed by atoms with E-state index in [1.807, 2.05) is 19.1 Å². The van der Waals surface area contributed by atoms with E-state index in [9.17, 15) is 13.2 Å². The van der Waals surface area contributed by atoms with E-state index in [0.29, 0.717) is 17.1 Å². The van der Waals surface area contributed by atoms with Crippen molar-refractivity contribution in [2.45, 2.75) is 24.8 Å². The largest absolute Gasteiger partial charge is 0.346 e. The highest BCUT2D eigenvalue weighted by atomic mass is 35.5. The minimum Gasteiger partial charge on any atom is -0.346 e. The summed E-state index contributed by atoms with van der Waals surface area (Å²) in [5.74, 6) is -0.283. The second kappa shape index (κ2) is 7.79. The summed E-state index contributed by atoms with van der Waals surface area (Å²) in [6, 6.07) is 12.8. The summed E-state index contributed by atoms with van der Waals surface area (Å²) in [4.78, 5) is 12.4. The lowest BCUT2D eigenvalue weighted by Gasteiger charge is -2.15. The van der Waals surface area contributed by atoms with Gasteiger partial charge in [0.25, 0.3) is 5.91 Å². The van der Waals surface area contributed by atoms with E-state index in [4.69, 9.17) is 11.6 Å². The molecule has 0 bridgehead atoms. The first-order chi connectivity index (χ1) is 11.3. The van der Waals surface area contributed by atoms with Gasteiger partial charge < -0.3 is 5.32 Å². The van der Waals surface area contributed by atoms with Crippen LogP contribution in [0.2, 0.25) is 5.02 Å². The quantitative estimate of drug-likeness (QED) is 0.824. The third-order valence-corrected chi connectivity index (χ3v) is 5.25. The van der Waals surface area contributed by atoms with E-state index >= 15 is 0 Å². The smallest absolute Gasteiger partial charge is 0.251 e. The number of nitrogens with one attached hydrogen (secondary N) is 2. The van der Waals surface area contributed by atoms with Gasteiger partial charge in [-0.2, -0.15) is 0 Å². The highest BCUT2D eigenvalue weighted by Crippen LogP contribution is 2.18. The summed E-state index contributed by atoms with van der Waals surface area (Å²) < 4.78 is 26.2. The number of sulfonamides is 1. The summed E-state index contributed by atoms with van der Waals surface area (Å²) in [6.07, 6.45) is 0. The maximum absolute atomic E-state index is 12.3. The van der Waals surface area contributed by atoms with Gasteiger partial charge in [-0.1, -0.05) is 30.7 Å². The molecule has 0 aliphatic heterocycles. The first-order valence-corrected chi connectivity index (χ1v) is 9.35. The van der Waals surface area contributed by atoms with Gasteiger partial charge >= 0.3 is 0 Å². The van der Waals surface area contributed by atoms with Crippen LogP contribution in [-0.4, -0.2) is 20.9 Å². The number of rotatable bonds is 6. The summed E-state index contributed by atoms with van der Waals surface area (Å²) in [5, 5.41) is 3.46. The fourth-order valence-corrected chi connectivity index (χ4v) is 3.44. The standard InChI is InChI=1S/C17H19ClN2O3S/c1-3-19-24(22,23)16-9-7-13(8-10-16)17(21)20-12(2)14-5-4-6-15(18)11-14/h4-12,19H,3H2,1-2H3,(H,20,21). The van der Waals surface area contributed by atoms with Crippen molar-refractivity contribution < 1.29 is 13.2 Å². The Morgan fingerprint density at radius 3 is 2.42 bits per heavy atom. The molecule has 128 valence electrons. The summed E-state index contributed by atoms with van der Waals surface area (Å²) >= 11 is 5.95. The summed E-state index contributed by atoms with van der Waals surface area (Å²) in [5.41, 5.74) is 1.28. The van der Waals surface area contributed by atoms with Crippen molar-refractivity contribution in [2.75, 3.05) is 6.54 Å². The maximum Gasteiger partial charge on any atom is 0.251 e. The number of carbonyl (C=O) groups excluding carboxylic acids is 1. The van der Waals surface area contributed by atoms with E-state index in [1.54, 1.807) is 19.1 Å². The van der Waals surface area contributed by atoms with Crippen LogP contribution in [0.4, 0.5) is 0 Å². The lowest BCUT2D eigenvalue weighted by molar-refractivity contribution is 0.0940. The molecule has 24 heavy (non-hydrogen) atoms. The fourth-order valence-electron chi connectivity index (χ4n) is 2.20. The van der Waals surface area contributed by atoms with Gasteiger partial charge in [-0.3, -0.25) is 4.79 Å². The van der Waals surface area contributed by atoms with Gasteiger partial charge in [-0.25, -0.2) is 13.1 Å². The molecule has 0 radical (unpaired) electrons. The lowest BCUT2D eigenvalue weighted by atomic mass is 10.1. The number of hydrogen-bond donors (Lipinski definition) is 2. The molecule has 0 aliphatic carbocycles. The van der Waals surface area contributed by atoms with Crippen LogP contribution in [0, 0.1) is 0 Å². The Bertz CT molecular complexity index is 820. The molecule has 0 aromatic heterocycles. The van der Waals surface area contributed by atoms with Crippen LogP contribution in [-0.2, 0) is 10.0 Å². The van der Waals surface area contributed by atoms with Crippen molar-refractivity contribution >= 4 is 27.5 Å². The number of amides is 1. The predicted octanol–water partition coefficient (Wildman–Crippen LogP) is 3.13. The molecule has 2 aromatic rings. The molecule has 1 atom stereocenters. The zero-order chi connectivity index (χ0) is 17.7. The van der Waals surface area contributed by atoms with Crippen molar-refractivity contribution in [1.29, 1.82) is 0 Å². The Hall–Kier alpha value is -1.89. The van der Waals surface area contributed by atoms with E-state index in [-0.39, 0.29) is 16.8 Å². The van der Waals surface area contributed by atoms with Crippen molar-refractivity contribution in [3.63, 3.8) is 0 Å². The van der Waals surface area contributed by atoms with Crippen LogP contribution in [0.1, 0.15) is 35.8 Å². The molecule has 5 nitrogen and oxygen atoms in total. The topological polar surface area (TPSA) is 75.3 Å². The molecule has 0 aliphatic rings. The molecule has 0 heterocycles. The van der Waals surface area contributed by atoms with Crippen LogP contribution in [0.3, 0.4) is 0 Å². The second-order valence-electron chi connectivity index (χ2n) is 5.28. The van der Waals surface area contributed by atoms with Crippen LogP contribution in [0.5, 0.6) is 0 Å². The molecule has 2 rings (SSSR count). The molecule has 0 spiro atoms. The third kappa shape index (κ3) is 4.56. The molecular weight excluding hydrogens is 348 g/mol. The van der Waals surface area contributed by atoms with Crippen molar-refractivity contribution in [3.05, 3.63) is 64.7 Å². The Kier molecular flexibility index (Phi) is 5.99. The van der Waals surface area contributed by atoms with Gasteiger partial charge in [-0.15, -0.1) is 0 Å². The SMILES string of the molecule is CCNS(=O)(=O)c1ccc(C(=O)NC(C)c2cccc(Cl)c2)cc1. The van der Waals surface area contributed by atoms with E-state index < -0.39 is 10.0 Å². The van der Waals surface area contributed by atoms with Gasteiger partial charge in [0.2, 0.25) is 10.0 Å². The van der Waals surface area contributed by atoms with Gasteiger partial charge in [0.05, 0.1) is 10.9 Å². The Morgan fingerprint density at radius 2 is 1.83 bits per heavy atom. The Morgan fingerprint density at radius 1 is 1.17 bits per heavy atom. The molecule has 7 heteroatoms. The van der Waals surface area contributed by atoms with Crippen molar-refractivity contribution in [2.24, 2.45) is 0 Å². The van der Waals surface area contributed by atoms with Gasteiger partial charge in [0.15, 0.2) is 0 Å². The molecular formula is C17H19ClN2O3S. The summed E-state index contributed by atoms with van der Waals surface area (Å²) in [7, 11) is -3.52. The first-order valence-electron chi connectivity index (χ1n) is 7.49. The lowest BCUT2D eigenvalue weighted by Crippen LogP contribution is -2.27. The highest BCUT2D eigenvalue weighted by Gasteiger charge is 2.15. The third-order valence-electron chi connectivity index (χ3n) is 3.46. The second-order valence-corrected chi connectivity index (χ2v) is 7.48. The molecule has 0 saturated carbocycles. The summed E-state index contributed by atoms with van der Waals surface area (Å²) in [6.45, 7) is 3.87.